The highest BCUT2D eigenvalue weighted by Crippen LogP contribution is 2.56. The molecule has 3 N–H and O–H groups in total. The average molecular weight is 503 g/mol. The molecule has 11 heteroatoms. The number of fused-ring (bicyclic) bond motifs is 3. The average Bonchev–Trinajstić information content (AvgIpc) is 3.50. The van der Waals surface area contributed by atoms with E-state index in [9.17, 15) is 28.2 Å². The van der Waals surface area contributed by atoms with E-state index in [1.165, 1.54) is 18.2 Å². The Balaban J connectivity index is 1.49. The van der Waals surface area contributed by atoms with Gasteiger partial charge in [-0.3, -0.25) is 13.9 Å². The van der Waals surface area contributed by atoms with Crippen molar-refractivity contribution >= 4 is 34.7 Å². The van der Waals surface area contributed by atoms with E-state index in [0.717, 1.165) is 22.4 Å². The van der Waals surface area contributed by atoms with Crippen LogP contribution in [0.25, 0.3) is 6.08 Å². The van der Waals surface area contributed by atoms with Gasteiger partial charge in [0.15, 0.2) is 0 Å². The minimum atomic E-state index is -2.90. The molecule has 4 atom stereocenters. The molecule has 3 unspecified atom stereocenters. The van der Waals surface area contributed by atoms with Crippen molar-refractivity contribution in [1.29, 1.82) is 0 Å². The predicted molar refractivity (Wildman–Crippen MR) is 126 cm³/mol. The molecule has 1 aliphatic carbocycles. The van der Waals surface area contributed by atoms with Gasteiger partial charge in [-0.25, -0.2) is 14.2 Å². The van der Waals surface area contributed by atoms with Gasteiger partial charge in [0.1, 0.15) is 17.1 Å². The van der Waals surface area contributed by atoms with Gasteiger partial charge in [0.05, 0.1) is 35.4 Å². The fourth-order valence-electron chi connectivity index (χ4n) is 4.80. The van der Waals surface area contributed by atoms with Gasteiger partial charge in [-0.2, -0.15) is 0 Å². The van der Waals surface area contributed by atoms with Gasteiger partial charge in [-0.05, 0) is 48.6 Å². The Hall–Kier alpha value is -2.83. The summed E-state index contributed by atoms with van der Waals surface area (Å²) in [5.41, 5.74) is 3.96. The zero-order chi connectivity index (χ0) is 24.7. The van der Waals surface area contributed by atoms with Gasteiger partial charge in [0, 0.05) is 31.1 Å². The van der Waals surface area contributed by atoms with Crippen molar-refractivity contribution in [3.05, 3.63) is 58.9 Å². The Morgan fingerprint density at radius 2 is 2.14 bits per heavy atom. The van der Waals surface area contributed by atoms with E-state index < -0.39 is 23.1 Å². The number of rotatable bonds is 8. The van der Waals surface area contributed by atoms with E-state index in [1.807, 2.05) is 5.01 Å². The second-order valence-corrected chi connectivity index (χ2v) is 9.76. The van der Waals surface area contributed by atoms with Crippen molar-refractivity contribution in [1.82, 2.24) is 10.4 Å². The molecule has 0 aromatic heterocycles. The van der Waals surface area contributed by atoms with Crippen LogP contribution >= 0.6 is 0 Å². The molecule has 35 heavy (non-hydrogen) atoms. The Kier molecular flexibility index (Phi) is 6.60. The molecular weight excluding hydrogens is 477 g/mol. The minimum Gasteiger partial charge on any atom is -0.755 e. The monoisotopic (exact) mass is 502 g/mol. The van der Waals surface area contributed by atoms with E-state index >= 15 is 0 Å². The van der Waals surface area contributed by atoms with Gasteiger partial charge in [-0.15, -0.1) is 0 Å². The SMILES string of the molecule is O=C(O)c1c(N(c2ccc(F)cc2C=CCNN2CC[C@@H](O)C2)S(=O)[O-])ccc2c1OCC1CC21. The fourth-order valence-corrected chi connectivity index (χ4v) is 5.44. The molecule has 0 spiro atoms. The summed E-state index contributed by atoms with van der Waals surface area (Å²) in [6, 6.07) is 6.81. The number of β-amino-alcohol motifs (C(OH)–C–C–N with tert-alkyl or cyclic N) is 1. The molecule has 1 saturated carbocycles. The summed E-state index contributed by atoms with van der Waals surface area (Å²) in [5, 5.41) is 21.5. The maximum absolute atomic E-state index is 14.1. The lowest BCUT2D eigenvalue weighted by molar-refractivity contribution is 0.0692. The van der Waals surface area contributed by atoms with Gasteiger partial charge in [0.25, 0.3) is 0 Å². The van der Waals surface area contributed by atoms with E-state index in [1.54, 1.807) is 18.2 Å². The number of hydrogen-bond donors (Lipinski definition) is 3. The molecule has 9 nitrogen and oxygen atoms in total. The molecule has 3 aliphatic rings. The summed E-state index contributed by atoms with van der Waals surface area (Å²) in [5.74, 6) is -1.08. The number of aromatic carboxylic acids is 1. The van der Waals surface area contributed by atoms with Crippen molar-refractivity contribution in [2.24, 2.45) is 5.92 Å². The van der Waals surface area contributed by atoms with Crippen molar-refractivity contribution in [2.45, 2.75) is 24.9 Å². The quantitative estimate of drug-likeness (QED) is 0.471. The van der Waals surface area contributed by atoms with Crippen LogP contribution < -0.4 is 14.5 Å². The molecule has 186 valence electrons. The fraction of sp³-hybridized carbons (Fsp3) is 0.375. The Morgan fingerprint density at radius 3 is 2.86 bits per heavy atom. The number of carboxylic acids is 1. The number of hydrogen-bond acceptors (Lipinski definition) is 7. The first-order valence-corrected chi connectivity index (χ1v) is 12.4. The zero-order valence-corrected chi connectivity index (χ0v) is 19.5. The number of nitrogens with one attached hydrogen (secondary N) is 1. The number of aliphatic hydroxyl groups is 1. The molecule has 0 amide bonds. The van der Waals surface area contributed by atoms with Crippen molar-refractivity contribution in [3.8, 4) is 5.75 Å². The normalized spacial score (nSPS) is 24.0. The van der Waals surface area contributed by atoms with Crippen LogP contribution in [-0.4, -0.2) is 62.3 Å². The number of halogens is 1. The summed E-state index contributed by atoms with van der Waals surface area (Å²) < 4.78 is 45.6. The lowest BCUT2D eigenvalue weighted by Crippen LogP contribution is -2.36. The molecule has 2 aromatic rings. The molecule has 2 heterocycles. The number of carbonyl (C=O) groups is 1. The Bertz CT molecular complexity index is 1210. The molecule has 1 saturated heterocycles. The van der Waals surface area contributed by atoms with E-state index in [4.69, 9.17) is 4.74 Å². The molecule has 0 bridgehead atoms. The Morgan fingerprint density at radius 1 is 1.34 bits per heavy atom. The van der Waals surface area contributed by atoms with Crippen LogP contribution in [-0.2, 0) is 11.3 Å². The molecule has 2 fully saturated rings. The number of nitrogens with zero attached hydrogens (tertiary/aromatic N) is 2. The maximum atomic E-state index is 14.1. The molecular formula is C24H25FN3O6S-. The summed E-state index contributed by atoms with van der Waals surface area (Å²) in [6.45, 7) is 1.97. The van der Waals surface area contributed by atoms with Crippen molar-refractivity contribution in [2.75, 3.05) is 30.5 Å². The second kappa shape index (κ2) is 9.67. The lowest BCUT2D eigenvalue weighted by Gasteiger charge is -2.31. The van der Waals surface area contributed by atoms with E-state index in [2.05, 4.69) is 5.43 Å². The third kappa shape index (κ3) is 4.82. The van der Waals surface area contributed by atoms with Crippen molar-refractivity contribution in [3.63, 3.8) is 0 Å². The van der Waals surface area contributed by atoms with Crippen LogP contribution in [0.2, 0.25) is 0 Å². The van der Waals surface area contributed by atoms with E-state index in [-0.39, 0.29) is 40.3 Å². The van der Waals surface area contributed by atoms with Crippen LogP contribution in [0.5, 0.6) is 5.75 Å². The largest absolute Gasteiger partial charge is 0.755 e. The second-order valence-electron chi connectivity index (χ2n) is 8.96. The highest BCUT2D eigenvalue weighted by molar-refractivity contribution is 7.81. The Labute approximate surface area is 204 Å². The topological polar surface area (TPSA) is 125 Å². The van der Waals surface area contributed by atoms with Gasteiger partial charge in [-0.1, -0.05) is 18.2 Å². The standard InChI is InChI=1S/C24H26FN3O6S/c25-16-3-5-20(14(10-16)2-1-8-26-27-9-7-17(29)12-27)28(35(32)33)21-6-4-18-19-11-15(19)13-34-23(18)22(21)24(30)31/h1-6,10,15,17,19,26,29H,7-9,11-13H2,(H,30,31)(H,32,33)/p-1/t15?,17-,19?/m1/s1. The highest BCUT2D eigenvalue weighted by Gasteiger charge is 2.45. The van der Waals surface area contributed by atoms with Crippen LogP contribution in [0.3, 0.4) is 0 Å². The van der Waals surface area contributed by atoms with Gasteiger partial charge in [0.2, 0.25) is 0 Å². The number of benzene rings is 2. The third-order valence-electron chi connectivity index (χ3n) is 6.61. The number of hydrazine groups is 1. The summed E-state index contributed by atoms with van der Waals surface area (Å²) in [4.78, 5) is 12.3. The predicted octanol–water partition coefficient (Wildman–Crippen LogP) is 2.54. The smallest absolute Gasteiger partial charge is 0.341 e. The first-order valence-electron chi connectivity index (χ1n) is 11.4. The highest BCUT2D eigenvalue weighted by atomic mass is 32.2. The van der Waals surface area contributed by atoms with Crippen LogP contribution in [0.4, 0.5) is 15.8 Å². The molecule has 0 radical (unpaired) electrons. The van der Waals surface area contributed by atoms with Crippen molar-refractivity contribution < 1.29 is 32.9 Å². The van der Waals surface area contributed by atoms with E-state index in [0.29, 0.717) is 38.6 Å². The minimum absolute atomic E-state index is 0.0749. The lowest BCUT2D eigenvalue weighted by atomic mass is 9.99. The molecule has 5 rings (SSSR count). The third-order valence-corrected chi connectivity index (χ3v) is 7.31. The van der Waals surface area contributed by atoms with Crippen LogP contribution in [0, 0.1) is 11.7 Å². The first kappa shape index (κ1) is 23.9. The maximum Gasteiger partial charge on any atom is 0.341 e. The summed E-state index contributed by atoms with van der Waals surface area (Å²) in [7, 11) is 0. The summed E-state index contributed by atoms with van der Waals surface area (Å²) >= 11 is -2.90. The van der Waals surface area contributed by atoms with Gasteiger partial charge < -0.3 is 19.5 Å². The number of ether oxygens (including phenoxy) is 1. The first-order chi connectivity index (χ1) is 16.8. The summed E-state index contributed by atoms with van der Waals surface area (Å²) in [6.07, 6.45) is 4.49. The number of anilines is 2. The molecule has 2 aliphatic heterocycles. The zero-order valence-electron chi connectivity index (χ0n) is 18.7. The van der Waals surface area contributed by atoms with Gasteiger partial charge >= 0.3 is 5.97 Å². The molecule has 2 aromatic carbocycles. The number of aliphatic hydroxyl groups excluding tert-OH is 1. The van der Waals surface area contributed by atoms with Crippen LogP contribution in [0.15, 0.2) is 36.4 Å². The van der Waals surface area contributed by atoms with Crippen LogP contribution in [0.1, 0.15) is 40.2 Å². The number of carboxylic acid groups (broad SMARTS) is 1.